The molecule has 13 heteroatoms. The first-order valence-corrected chi connectivity index (χ1v) is 13.4. The Morgan fingerprint density at radius 3 is 2.51 bits per heavy atom. The van der Waals surface area contributed by atoms with Crippen molar-refractivity contribution in [3.05, 3.63) is 62.5 Å². The fourth-order valence-electron chi connectivity index (χ4n) is 3.69. The van der Waals surface area contributed by atoms with Crippen LogP contribution < -0.4 is 10.6 Å². The second kappa shape index (κ2) is 13.0. The average molecular weight is 581 g/mol. The number of halogens is 2. The summed E-state index contributed by atoms with van der Waals surface area (Å²) in [7, 11) is 0. The van der Waals surface area contributed by atoms with Crippen LogP contribution in [0, 0.1) is 5.82 Å². The number of amidine groups is 1. The lowest BCUT2D eigenvalue weighted by Crippen LogP contribution is -2.46. The molecule has 1 amide bonds. The van der Waals surface area contributed by atoms with E-state index < -0.39 is 41.5 Å². The summed E-state index contributed by atoms with van der Waals surface area (Å²) in [6.07, 6.45) is 0.521. The first-order chi connectivity index (χ1) is 18.4. The lowest BCUT2D eigenvalue weighted by Gasteiger charge is -2.29. The van der Waals surface area contributed by atoms with Crippen LogP contribution in [0.2, 0.25) is 5.02 Å². The number of carbonyl (C=O) groups is 3. The number of hydrogen-bond donors (Lipinski definition) is 2. The van der Waals surface area contributed by atoms with Crippen LogP contribution >= 0.6 is 22.9 Å². The second-order valence-corrected chi connectivity index (χ2v) is 10.6. The molecule has 1 aliphatic rings. The van der Waals surface area contributed by atoms with E-state index >= 15 is 0 Å². The van der Waals surface area contributed by atoms with E-state index in [-0.39, 0.29) is 35.9 Å². The van der Waals surface area contributed by atoms with Gasteiger partial charge in [0, 0.05) is 34.3 Å². The van der Waals surface area contributed by atoms with E-state index in [1.165, 1.54) is 23.5 Å². The molecular formula is C26H30ClFN4O6S. The summed E-state index contributed by atoms with van der Waals surface area (Å²) in [4.78, 5) is 47.8. The predicted molar refractivity (Wildman–Crippen MR) is 144 cm³/mol. The summed E-state index contributed by atoms with van der Waals surface area (Å²) in [6, 6.07) is 1.47. The number of benzene rings is 1. The molecule has 3 rings (SSSR count). The Morgan fingerprint density at radius 2 is 1.92 bits per heavy atom. The number of hydrogen-bond acceptors (Lipinski definition) is 10. The van der Waals surface area contributed by atoms with Crippen LogP contribution in [-0.4, -0.2) is 53.7 Å². The minimum Gasteiger partial charge on any atom is -0.464 e. The topological polar surface area (TPSA) is 128 Å². The summed E-state index contributed by atoms with van der Waals surface area (Å²) in [5.41, 5.74) is -0.238. The predicted octanol–water partition coefficient (Wildman–Crippen LogP) is 4.69. The molecule has 10 nitrogen and oxygen atoms in total. The highest BCUT2D eigenvalue weighted by Gasteiger charge is 2.37. The SMILES string of the molecule is CCOC(=O)C1=C(CC(NC(=O)OC(C)(C)C)C(=O)OCC)NC(c2nccs2)=NC1c1ccc(F)cc1Cl. The van der Waals surface area contributed by atoms with Gasteiger partial charge in [0.1, 0.15) is 23.5 Å². The maximum Gasteiger partial charge on any atom is 0.408 e. The van der Waals surface area contributed by atoms with Gasteiger partial charge in [-0.3, -0.25) is 4.99 Å². The standard InChI is InChI=1S/C26H30ClFN4O6S/c1-6-36-23(33)18(31-25(35)38-26(3,4)5)13-17-19(24(34)37-7-2)20(15-9-8-14(28)12-16(15)27)32-21(30-17)22-29-10-11-39-22/h8-12,18,20H,6-7,13H2,1-5H3,(H,30,32)(H,31,35). The van der Waals surface area contributed by atoms with E-state index in [1.807, 2.05) is 0 Å². The fraction of sp³-hybridized carbons (Fsp3) is 0.423. The Morgan fingerprint density at radius 1 is 1.21 bits per heavy atom. The quantitative estimate of drug-likeness (QED) is 0.323. The summed E-state index contributed by atoms with van der Waals surface area (Å²) >= 11 is 7.68. The van der Waals surface area contributed by atoms with Gasteiger partial charge >= 0.3 is 18.0 Å². The summed E-state index contributed by atoms with van der Waals surface area (Å²) < 4.78 is 29.7. The van der Waals surface area contributed by atoms with Crippen molar-refractivity contribution in [1.29, 1.82) is 0 Å². The highest BCUT2D eigenvalue weighted by Crippen LogP contribution is 2.37. The Hall–Kier alpha value is -3.51. The number of carbonyl (C=O) groups excluding carboxylic acids is 3. The highest BCUT2D eigenvalue weighted by atomic mass is 35.5. The van der Waals surface area contributed by atoms with Gasteiger partial charge in [0.25, 0.3) is 0 Å². The van der Waals surface area contributed by atoms with Gasteiger partial charge in [-0.15, -0.1) is 11.3 Å². The molecule has 2 aromatic rings. The Bertz CT molecular complexity index is 1280. The zero-order valence-corrected chi connectivity index (χ0v) is 23.7. The van der Waals surface area contributed by atoms with Gasteiger partial charge in [-0.05, 0) is 46.8 Å². The molecule has 2 atom stereocenters. The number of aliphatic imine (C=N–C) groups is 1. The molecule has 2 unspecified atom stereocenters. The van der Waals surface area contributed by atoms with Gasteiger partial charge in [0.15, 0.2) is 10.8 Å². The van der Waals surface area contributed by atoms with Crippen LogP contribution in [-0.2, 0) is 23.8 Å². The Balaban J connectivity index is 2.14. The number of amides is 1. The molecule has 0 saturated heterocycles. The largest absolute Gasteiger partial charge is 0.464 e. The van der Waals surface area contributed by atoms with Crippen molar-refractivity contribution in [3.63, 3.8) is 0 Å². The molecule has 1 aromatic carbocycles. The zero-order chi connectivity index (χ0) is 28.7. The van der Waals surface area contributed by atoms with Crippen molar-refractivity contribution in [2.75, 3.05) is 13.2 Å². The summed E-state index contributed by atoms with van der Waals surface area (Å²) in [5.74, 6) is -1.74. The summed E-state index contributed by atoms with van der Waals surface area (Å²) in [6.45, 7) is 8.44. The zero-order valence-electron chi connectivity index (χ0n) is 22.2. The van der Waals surface area contributed by atoms with Crippen LogP contribution in [0.15, 0.2) is 46.0 Å². The number of rotatable bonds is 9. The van der Waals surface area contributed by atoms with Crippen molar-refractivity contribution >= 4 is 46.8 Å². The Kier molecular flexibility index (Phi) is 10.0. The Labute approximate surface area is 234 Å². The van der Waals surface area contributed by atoms with Crippen molar-refractivity contribution in [2.24, 2.45) is 4.99 Å². The van der Waals surface area contributed by atoms with Crippen molar-refractivity contribution < 1.29 is 33.0 Å². The minimum atomic E-state index is -1.24. The van der Waals surface area contributed by atoms with Gasteiger partial charge in [0.05, 0.1) is 18.8 Å². The molecular weight excluding hydrogens is 551 g/mol. The third kappa shape index (κ3) is 7.99. The second-order valence-electron chi connectivity index (χ2n) is 9.28. The average Bonchev–Trinajstić information content (AvgIpc) is 3.37. The molecule has 0 bridgehead atoms. The van der Waals surface area contributed by atoms with Gasteiger partial charge in [0.2, 0.25) is 0 Å². The third-order valence-electron chi connectivity index (χ3n) is 5.18. The van der Waals surface area contributed by atoms with Gasteiger partial charge < -0.3 is 24.8 Å². The number of alkyl carbamates (subject to hydrolysis) is 1. The minimum absolute atomic E-state index is 0.0333. The van der Waals surface area contributed by atoms with E-state index in [2.05, 4.69) is 20.6 Å². The van der Waals surface area contributed by atoms with E-state index in [1.54, 1.807) is 46.2 Å². The number of esters is 2. The normalized spacial score (nSPS) is 16.1. The lowest BCUT2D eigenvalue weighted by molar-refractivity contribution is -0.145. The van der Waals surface area contributed by atoms with Crippen LogP contribution in [0.1, 0.15) is 57.7 Å². The van der Waals surface area contributed by atoms with Crippen molar-refractivity contribution in [3.8, 4) is 0 Å². The molecule has 2 N–H and O–H groups in total. The number of nitrogens with zero attached hydrogens (tertiary/aromatic N) is 2. The molecule has 2 heterocycles. The monoisotopic (exact) mass is 580 g/mol. The van der Waals surface area contributed by atoms with Gasteiger partial charge in [-0.25, -0.2) is 23.8 Å². The van der Waals surface area contributed by atoms with E-state index in [0.717, 1.165) is 6.07 Å². The molecule has 0 radical (unpaired) electrons. The van der Waals surface area contributed by atoms with E-state index in [4.69, 9.17) is 25.8 Å². The third-order valence-corrected chi connectivity index (χ3v) is 6.29. The maximum atomic E-state index is 13.9. The first-order valence-electron chi connectivity index (χ1n) is 12.2. The van der Waals surface area contributed by atoms with Gasteiger partial charge in [-0.2, -0.15) is 0 Å². The van der Waals surface area contributed by atoms with Crippen LogP contribution in [0.4, 0.5) is 9.18 Å². The molecule has 0 saturated carbocycles. The number of nitrogens with one attached hydrogen (secondary N) is 2. The smallest absolute Gasteiger partial charge is 0.408 e. The van der Waals surface area contributed by atoms with Crippen LogP contribution in [0.25, 0.3) is 0 Å². The van der Waals surface area contributed by atoms with Gasteiger partial charge in [-0.1, -0.05) is 17.7 Å². The molecule has 1 aliphatic heterocycles. The maximum absolute atomic E-state index is 13.9. The van der Waals surface area contributed by atoms with Crippen molar-refractivity contribution in [2.45, 2.75) is 58.7 Å². The molecule has 1 aromatic heterocycles. The highest BCUT2D eigenvalue weighted by molar-refractivity contribution is 7.11. The van der Waals surface area contributed by atoms with E-state index in [0.29, 0.717) is 16.4 Å². The molecule has 0 fully saturated rings. The van der Waals surface area contributed by atoms with Crippen LogP contribution in [0.3, 0.4) is 0 Å². The first kappa shape index (κ1) is 30.0. The summed E-state index contributed by atoms with van der Waals surface area (Å²) in [5, 5.41) is 7.89. The number of thiazole rings is 1. The molecule has 0 aliphatic carbocycles. The molecule has 210 valence electrons. The van der Waals surface area contributed by atoms with E-state index in [9.17, 15) is 18.8 Å². The number of aromatic nitrogens is 1. The van der Waals surface area contributed by atoms with Crippen molar-refractivity contribution in [1.82, 2.24) is 15.6 Å². The lowest BCUT2D eigenvalue weighted by atomic mass is 9.93. The van der Waals surface area contributed by atoms with Crippen LogP contribution in [0.5, 0.6) is 0 Å². The molecule has 39 heavy (non-hydrogen) atoms. The molecule has 0 spiro atoms. The fourth-order valence-corrected chi connectivity index (χ4v) is 4.55. The number of ether oxygens (including phenoxy) is 3.